The first-order chi connectivity index (χ1) is 12.1. The smallest absolute Gasteiger partial charge is 0.243 e. The van der Waals surface area contributed by atoms with Crippen molar-refractivity contribution in [3.8, 4) is 5.75 Å². The summed E-state index contributed by atoms with van der Waals surface area (Å²) in [5, 5.41) is 6.11. The lowest BCUT2D eigenvalue weighted by atomic mass is 10.1. The second kappa shape index (κ2) is 8.14. The molecule has 2 atom stereocenters. The number of hydrogen-bond donors (Lipinski definition) is 2. The highest BCUT2D eigenvalue weighted by molar-refractivity contribution is 5.95. The fraction of sp³-hybridized carbons (Fsp3) is 0.350. The Balaban J connectivity index is 1.63. The molecule has 5 heteroatoms. The second-order valence-electron chi connectivity index (χ2n) is 6.22. The fourth-order valence-electron chi connectivity index (χ4n) is 2.80. The van der Waals surface area contributed by atoms with Crippen LogP contribution in [-0.4, -0.2) is 31.7 Å². The SMILES string of the molecule is Cc1cc(OC(C)c2ccccc2)ccc1NC(=O)C1COCCN1. The van der Waals surface area contributed by atoms with Gasteiger partial charge >= 0.3 is 0 Å². The van der Waals surface area contributed by atoms with Gasteiger partial charge in [0, 0.05) is 12.2 Å². The maximum atomic E-state index is 12.3. The van der Waals surface area contributed by atoms with Gasteiger partial charge in [-0.2, -0.15) is 0 Å². The first-order valence-corrected chi connectivity index (χ1v) is 8.58. The van der Waals surface area contributed by atoms with Crippen LogP contribution in [0.3, 0.4) is 0 Å². The molecular formula is C20H24N2O3. The standard InChI is InChI=1S/C20H24N2O3/c1-14-12-17(25-15(2)16-6-4-3-5-7-16)8-9-18(14)22-20(23)19-13-24-11-10-21-19/h3-9,12,15,19,21H,10-11,13H2,1-2H3,(H,22,23). The van der Waals surface area contributed by atoms with Crippen molar-refractivity contribution in [1.82, 2.24) is 5.32 Å². The summed E-state index contributed by atoms with van der Waals surface area (Å²) in [5.74, 6) is 0.708. The van der Waals surface area contributed by atoms with Crippen LogP contribution in [-0.2, 0) is 9.53 Å². The van der Waals surface area contributed by atoms with Gasteiger partial charge in [-0.3, -0.25) is 4.79 Å². The molecule has 2 N–H and O–H groups in total. The summed E-state index contributed by atoms with van der Waals surface area (Å²) in [6.45, 7) is 5.73. The predicted octanol–water partition coefficient (Wildman–Crippen LogP) is 3.06. The summed E-state index contributed by atoms with van der Waals surface area (Å²) in [5.41, 5.74) is 2.88. The van der Waals surface area contributed by atoms with Crippen molar-refractivity contribution in [1.29, 1.82) is 0 Å². The zero-order chi connectivity index (χ0) is 17.6. The lowest BCUT2D eigenvalue weighted by Crippen LogP contribution is -2.48. The van der Waals surface area contributed by atoms with E-state index in [1.54, 1.807) is 0 Å². The molecule has 1 heterocycles. The van der Waals surface area contributed by atoms with Gasteiger partial charge in [0.15, 0.2) is 0 Å². The van der Waals surface area contributed by atoms with Crippen molar-refractivity contribution in [2.75, 3.05) is 25.1 Å². The van der Waals surface area contributed by atoms with E-state index in [1.165, 1.54) is 0 Å². The third-order valence-corrected chi connectivity index (χ3v) is 4.28. The summed E-state index contributed by atoms with van der Waals surface area (Å²) in [6, 6.07) is 15.5. The number of anilines is 1. The van der Waals surface area contributed by atoms with Crippen LogP contribution in [0.5, 0.6) is 5.75 Å². The predicted molar refractivity (Wildman–Crippen MR) is 97.9 cm³/mol. The molecule has 0 spiro atoms. The number of carbonyl (C=O) groups excluding carboxylic acids is 1. The van der Waals surface area contributed by atoms with Gasteiger partial charge in [0.2, 0.25) is 5.91 Å². The molecule has 0 aliphatic carbocycles. The van der Waals surface area contributed by atoms with E-state index in [2.05, 4.69) is 10.6 Å². The van der Waals surface area contributed by atoms with Crippen LogP contribution in [0.25, 0.3) is 0 Å². The highest BCUT2D eigenvalue weighted by atomic mass is 16.5. The Labute approximate surface area is 148 Å². The monoisotopic (exact) mass is 340 g/mol. The lowest BCUT2D eigenvalue weighted by molar-refractivity contribution is -0.120. The average molecular weight is 340 g/mol. The first-order valence-electron chi connectivity index (χ1n) is 8.58. The summed E-state index contributed by atoms with van der Waals surface area (Å²) in [7, 11) is 0. The van der Waals surface area contributed by atoms with Gasteiger partial charge in [0.05, 0.1) is 13.2 Å². The molecule has 1 fully saturated rings. The molecule has 1 aliphatic heterocycles. The van der Waals surface area contributed by atoms with E-state index in [0.29, 0.717) is 19.8 Å². The van der Waals surface area contributed by atoms with E-state index >= 15 is 0 Å². The van der Waals surface area contributed by atoms with E-state index in [0.717, 1.165) is 22.6 Å². The van der Waals surface area contributed by atoms with Crippen LogP contribution in [0, 0.1) is 6.92 Å². The average Bonchev–Trinajstić information content (AvgIpc) is 2.65. The van der Waals surface area contributed by atoms with Crippen LogP contribution >= 0.6 is 0 Å². The molecule has 1 aliphatic rings. The molecule has 1 saturated heterocycles. The fourth-order valence-corrected chi connectivity index (χ4v) is 2.80. The summed E-state index contributed by atoms with van der Waals surface area (Å²) in [6.07, 6.45) is -0.0374. The zero-order valence-electron chi connectivity index (χ0n) is 14.6. The van der Waals surface area contributed by atoms with Gasteiger partial charge < -0.3 is 20.1 Å². The van der Waals surface area contributed by atoms with Crippen molar-refractivity contribution in [3.05, 3.63) is 59.7 Å². The third-order valence-electron chi connectivity index (χ3n) is 4.28. The second-order valence-corrected chi connectivity index (χ2v) is 6.22. The number of hydrogen-bond acceptors (Lipinski definition) is 4. The van der Waals surface area contributed by atoms with Gasteiger partial charge in [0.1, 0.15) is 17.9 Å². The van der Waals surface area contributed by atoms with Gasteiger partial charge in [-0.15, -0.1) is 0 Å². The molecule has 25 heavy (non-hydrogen) atoms. The third kappa shape index (κ3) is 4.59. The van der Waals surface area contributed by atoms with Crippen molar-refractivity contribution >= 4 is 11.6 Å². The number of benzene rings is 2. The van der Waals surface area contributed by atoms with Crippen molar-refractivity contribution < 1.29 is 14.3 Å². The molecule has 0 aromatic heterocycles. The maximum absolute atomic E-state index is 12.3. The van der Waals surface area contributed by atoms with Crippen LogP contribution in [0.4, 0.5) is 5.69 Å². The van der Waals surface area contributed by atoms with Gasteiger partial charge in [-0.1, -0.05) is 30.3 Å². The number of carbonyl (C=O) groups is 1. The first kappa shape index (κ1) is 17.5. The van der Waals surface area contributed by atoms with Crippen molar-refractivity contribution in [2.24, 2.45) is 0 Å². The quantitative estimate of drug-likeness (QED) is 0.878. The minimum atomic E-state index is -0.304. The molecule has 132 valence electrons. The summed E-state index contributed by atoms with van der Waals surface area (Å²) < 4.78 is 11.3. The lowest BCUT2D eigenvalue weighted by Gasteiger charge is -2.23. The molecule has 1 amide bonds. The molecule has 5 nitrogen and oxygen atoms in total. The number of nitrogens with one attached hydrogen (secondary N) is 2. The van der Waals surface area contributed by atoms with Crippen LogP contribution in [0.2, 0.25) is 0 Å². The Morgan fingerprint density at radius 3 is 2.76 bits per heavy atom. The Kier molecular flexibility index (Phi) is 5.68. The number of ether oxygens (including phenoxy) is 2. The molecule has 2 aromatic carbocycles. The summed E-state index contributed by atoms with van der Waals surface area (Å²) in [4.78, 5) is 12.3. The van der Waals surface area contributed by atoms with E-state index in [4.69, 9.17) is 9.47 Å². The van der Waals surface area contributed by atoms with Crippen LogP contribution < -0.4 is 15.4 Å². The summed E-state index contributed by atoms with van der Waals surface area (Å²) >= 11 is 0. The van der Waals surface area contributed by atoms with Crippen LogP contribution in [0.15, 0.2) is 48.5 Å². The largest absolute Gasteiger partial charge is 0.486 e. The Morgan fingerprint density at radius 2 is 2.08 bits per heavy atom. The topological polar surface area (TPSA) is 59.6 Å². The molecule has 2 aromatic rings. The Bertz CT molecular complexity index is 712. The van der Waals surface area contributed by atoms with Gasteiger partial charge in [-0.25, -0.2) is 0 Å². The van der Waals surface area contributed by atoms with Crippen molar-refractivity contribution in [2.45, 2.75) is 26.0 Å². The Morgan fingerprint density at radius 1 is 1.28 bits per heavy atom. The van der Waals surface area contributed by atoms with E-state index < -0.39 is 0 Å². The molecule has 2 unspecified atom stereocenters. The zero-order valence-corrected chi connectivity index (χ0v) is 14.6. The highest BCUT2D eigenvalue weighted by Gasteiger charge is 2.21. The number of rotatable bonds is 5. The number of morpholine rings is 1. The molecule has 0 radical (unpaired) electrons. The highest BCUT2D eigenvalue weighted by Crippen LogP contribution is 2.26. The van der Waals surface area contributed by atoms with E-state index in [1.807, 2.05) is 62.4 Å². The number of aryl methyl sites for hydroxylation is 1. The minimum Gasteiger partial charge on any atom is -0.486 e. The van der Waals surface area contributed by atoms with Crippen LogP contribution in [0.1, 0.15) is 24.2 Å². The molecule has 0 bridgehead atoms. The maximum Gasteiger partial charge on any atom is 0.243 e. The Hall–Kier alpha value is -2.37. The van der Waals surface area contributed by atoms with E-state index in [9.17, 15) is 4.79 Å². The molecule has 3 rings (SSSR count). The van der Waals surface area contributed by atoms with Gasteiger partial charge in [-0.05, 0) is 43.2 Å². The molecular weight excluding hydrogens is 316 g/mol. The number of amides is 1. The molecule has 0 saturated carbocycles. The normalized spacial score (nSPS) is 18.4. The minimum absolute atomic E-state index is 0.0374. The van der Waals surface area contributed by atoms with Gasteiger partial charge in [0.25, 0.3) is 0 Å². The van der Waals surface area contributed by atoms with Crippen molar-refractivity contribution in [3.63, 3.8) is 0 Å². The van der Waals surface area contributed by atoms with E-state index in [-0.39, 0.29) is 18.1 Å².